The normalized spacial score (nSPS) is 19.8. The van der Waals surface area contributed by atoms with E-state index in [4.69, 9.17) is 4.74 Å². The van der Waals surface area contributed by atoms with Crippen LogP contribution in [0.1, 0.15) is 40.0 Å². The minimum atomic E-state index is -0.443. The molecule has 96 valence electrons. The lowest BCUT2D eigenvalue weighted by Crippen LogP contribution is -2.43. The zero-order chi connectivity index (χ0) is 12.9. The molecular formula is C14H23NO2. The number of hydrogen-bond acceptors (Lipinski definition) is 2. The van der Waals surface area contributed by atoms with E-state index in [-0.39, 0.29) is 12.1 Å². The summed E-state index contributed by atoms with van der Waals surface area (Å²) >= 11 is 0. The second-order valence-electron chi connectivity index (χ2n) is 5.36. The summed E-state index contributed by atoms with van der Waals surface area (Å²) in [5, 5.41) is 0. The van der Waals surface area contributed by atoms with Crippen molar-refractivity contribution in [2.45, 2.75) is 51.7 Å². The molecule has 0 aromatic rings. The van der Waals surface area contributed by atoms with E-state index in [0.29, 0.717) is 6.54 Å². The number of amides is 1. The van der Waals surface area contributed by atoms with E-state index in [9.17, 15) is 4.79 Å². The van der Waals surface area contributed by atoms with Crippen LogP contribution in [0.25, 0.3) is 0 Å². The molecule has 1 rings (SSSR count). The van der Waals surface area contributed by atoms with Crippen LogP contribution < -0.4 is 0 Å². The van der Waals surface area contributed by atoms with Gasteiger partial charge in [0.2, 0.25) is 0 Å². The van der Waals surface area contributed by atoms with Gasteiger partial charge in [0.25, 0.3) is 0 Å². The smallest absolute Gasteiger partial charge is 0.410 e. The summed E-state index contributed by atoms with van der Waals surface area (Å²) in [5.74, 6) is 0. The van der Waals surface area contributed by atoms with Gasteiger partial charge in [-0.3, -0.25) is 0 Å². The average Bonchev–Trinajstić information content (AvgIpc) is 2.24. The molecule has 0 bridgehead atoms. The molecule has 1 amide bonds. The van der Waals surface area contributed by atoms with Gasteiger partial charge < -0.3 is 9.64 Å². The largest absolute Gasteiger partial charge is 0.444 e. The molecule has 0 aromatic heterocycles. The second kappa shape index (κ2) is 5.89. The fraction of sp³-hybridized carbons (Fsp3) is 0.643. The number of ether oxygens (including phenoxy) is 1. The molecule has 0 radical (unpaired) electrons. The van der Waals surface area contributed by atoms with Gasteiger partial charge >= 0.3 is 6.09 Å². The Morgan fingerprint density at radius 1 is 1.53 bits per heavy atom. The van der Waals surface area contributed by atoms with Crippen LogP contribution >= 0.6 is 0 Å². The number of nitrogens with zero attached hydrogens (tertiary/aromatic N) is 1. The van der Waals surface area contributed by atoms with Crippen LogP contribution in [0, 0.1) is 0 Å². The minimum absolute atomic E-state index is 0.238. The molecule has 0 spiro atoms. The number of hydrogen-bond donors (Lipinski definition) is 0. The highest BCUT2D eigenvalue weighted by Gasteiger charge is 2.27. The van der Waals surface area contributed by atoms with Gasteiger partial charge in [-0.1, -0.05) is 18.2 Å². The third kappa shape index (κ3) is 4.63. The van der Waals surface area contributed by atoms with E-state index in [1.54, 1.807) is 11.0 Å². The molecule has 0 heterocycles. The van der Waals surface area contributed by atoms with E-state index in [1.165, 1.54) is 0 Å². The monoisotopic (exact) mass is 237 g/mol. The third-order valence-corrected chi connectivity index (χ3v) is 2.64. The van der Waals surface area contributed by atoms with Crippen LogP contribution in [0.5, 0.6) is 0 Å². The van der Waals surface area contributed by atoms with E-state index < -0.39 is 5.60 Å². The quantitative estimate of drug-likeness (QED) is 0.703. The van der Waals surface area contributed by atoms with Crippen molar-refractivity contribution < 1.29 is 9.53 Å². The lowest BCUT2D eigenvalue weighted by Gasteiger charge is -2.33. The van der Waals surface area contributed by atoms with E-state index in [2.05, 4.69) is 18.7 Å². The van der Waals surface area contributed by atoms with Gasteiger partial charge in [0.1, 0.15) is 5.60 Å². The van der Waals surface area contributed by atoms with Gasteiger partial charge in [-0.15, -0.1) is 6.58 Å². The SMILES string of the molecule is C=CCN(C(=O)OC(C)(C)C)C1CC=CCC1. The number of carbonyl (C=O) groups is 1. The molecule has 3 nitrogen and oxygen atoms in total. The zero-order valence-corrected chi connectivity index (χ0v) is 11.1. The molecule has 0 saturated carbocycles. The van der Waals surface area contributed by atoms with E-state index >= 15 is 0 Å². The molecule has 1 aliphatic rings. The van der Waals surface area contributed by atoms with Crippen molar-refractivity contribution in [1.82, 2.24) is 4.90 Å². The summed E-state index contributed by atoms with van der Waals surface area (Å²) in [4.78, 5) is 13.9. The van der Waals surface area contributed by atoms with E-state index in [1.807, 2.05) is 20.8 Å². The Bertz CT molecular complexity index is 302. The Hall–Kier alpha value is -1.25. The maximum atomic E-state index is 12.1. The van der Waals surface area contributed by atoms with Crippen LogP contribution in [0.3, 0.4) is 0 Å². The Morgan fingerprint density at radius 2 is 2.24 bits per heavy atom. The average molecular weight is 237 g/mol. The van der Waals surface area contributed by atoms with Crippen molar-refractivity contribution in [1.29, 1.82) is 0 Å². The summed E-state index contributed by atoms with van der Waals surface area (Å²) in [6, 6.07) is 0.243. The van der Waals surface area contributed by atoms with Crippen molar-refractivity contribution in [3.63, 3.8) is 0 Å². The molecule has 0 N–H and O–H groups in total. The standard InChI is InChI=1S/C14H23NO2/c1-5-11-15(12-9-7-6-8-10-12)13(16)17-14(2,3)4/h5-7,12H,1,8-11H2,2-4H3. The van der Waals surface area contributed by atoms with Crippen LogP contribution in [-0.4, -0.2) is 29.2 Å². The molecule has 0 aliphatic heterocycles. The van der Waals surface area contributed by atoms with Gasteiger partial charge in [-0.25, -0.2) is 4.79 Å². The summed E-state index contributed by atoms with van der Waals surface area (Å²) < 4.78 is 5.42. The molecular weight excluding hydrogens is 214 g/mol. The fourth-order valence-electron chi connectivity index (χ4n) is 1.89. The molecule has 1 atom stereocenters. The van der Waals surface area contributed by atoms with Crippen molar-refractivity contribution >= 4 is 6.09 Å². The predicted octanol–water partition coefficient (Wildman–Crippen LogP) is 3.52. The first-order valence-corrected chi connectivity index (χ1v) is 6.19. The molecule has 0 fully saturated rings. The lowest BCUT2D eigenvalue weighted by atomic mass is 10.0. The minimum Gasteiger partial charge on any atom is -0.444 e. The van der Waals surface area contributed by atoms with Crippen molar-refractivity contribution in [2.75, 3.05) is 6.54 Å². The first kappa shape index (κ1) is 13.8. The maximum absolute atomic E-state index is 12.1. The summed E-state index contributed by atoms with van der Waals surface area (Å²) in [6.45, 7) is 9.92. The highest BCUT2D eigenvalue weighted by Crippen LogP contribution is 2.20. The van der Waals surface area contributed by atoms with Crippen LogP contribution in [0.2, 0.25) is 0 Å². The zero-order valence-electron chi connectivity index (χ0n) is 11.1. The predicted molar refractivity (Wildman–Crippen MR) is 69.9 cm³/mol. The molecule has 0 saturated heterocycles. The highest BCUT2D eigenvalue weighted by molar-refractivity contribution is 5.68. The van der Waals surface area contributed by atoms with Crippen molar-refractivity contribution in [3.8, 4) is 0 Å². The van der Waals surface area contributed by atoms with E-state index in [0.717, 1.165) is 19.3 Å². The maximum Gasteiger partial charge on any atom is 0.410 e. The van der Waals surface area contributed by atoms with Crippen LogP contribution in [-0.2, 0) is 4.74 Å². The Morgan fingerprint density at radius 3 is 2.71 bits per heavy atom. The van der Waals surface area contributed by atoms with Crippen molar-refractivity contribution in [2.24, 2.45) is 0 Å². The van der Waals surface area contributed by atoms with Gasteiger partial charge in [0.05, 0.1) is 0 Å². The Kier molecular flexibility index (Phi) is 4.79. The van der Waals surface area contributed by atoms with Gasteiger partial charge in [0.15, 0.2) is 0 Å². The second-order valence-corrected chi connectivity index (χ2v) is 5.36. The molecule has 0 aromatic carbocycles. The third-order valence-electron chi connectivity index (χ3n) is 2.64. The Balaban J connectivity index is 2.67. The summed E-state index contributed by atoms with van der Waals surface area (Å²) in [5.41, 5.74) is -0.443. The number of rotatable bonds is 3. The first-order valence-electron chi connectivity index (χ1n) is 6.19. The Labute approximate surface area is 104 Å². The first-order chi connectivity index (χ1) is 7.94. The lowest BCUT2D eigenvalue weighted by molar-refractivity contribution is 0.0179. The van der Waals surface area contributed by atoms with Gasteiger partial charge in [-0.2, -0.15) is 0 Å². The molecule has 3 heteroatoms. The van der Waals surface area contributed by atoms with Gasteiger partial charge in [0, 0.05) is 12.6 Å². The van der Waals surface area contributed by atoms with Crippen LogP contribution in [0.15, 0.2) is 24.8 Å². The topological polar surface area (TPSA) is 29.5 Å². The summed E-state index contributed by atoms with van der Waals surface area (Å²) in [7, 11) is 0. The number of carbonyl (C=O) groups excluding carboxylic acids is 1. The molecule has 1 aliphatic carbocycles. The highest BCUT2D eigenvalue weighted by atomic mass is 16.6. The van der Waals surface area contributed by atoms with Crippen molar-refractivity contribution in [3.05, 3.63) is 24.8 Å². The molecule has 17 heavy (non-hydrogen) atoms. The fourth-order valence-corrected chi connectivity index (χ4v) is 1.89. The molecule has 1 unspecified atom stereocenters. The van der Waals surface area contributed by atoms with Gasteiger partial charge in [-0.05, 0) is 40.0 Å². The van der Waals surface area contributed by atoms with Crippen LogP contribution in [0.4, 0.5) is 4.79 Å². The summed E-state index contributed by atoms with van der Waals surface area (Å²) in [6.07, 6.45) is 8.75. The number of allylic oxidation sites excluding steroid dienone is 1.